The molecule has 100 valence electrons. The molecule has 0 aliphatic carbocycles. The molecule has 0 amide bonds. The smallest absolute Gasteiger partial charge is 0.155 e. The summed E-state index contributed by atoms with van der Waals surface area (Å²) in [6.45, 7) is 1.93. The van der Waals surface area contributed by atoms with Gasteiger partial charge in [0.25, 0.3) is 0 Å². The molecule has 0 radical (unpaired) electrons. The first-order valence-corrected chi connectivity index (χ1v) is 8.07. The maximum Gasteiger partial charge on any atom is 0.155 e. The number of hydrogen-bond acceptors (Lipinski definition) is 4. The Balaban J connectivity index is 2.30. The summed E-state index contributed by atoms with van der Waals surface area (Å²) in [5.74, 6) is 0.315. The molecule has 0 bridgehead atoms. The van der Waals surface area contributed by atoms with Crippen LogP contribution in [0.15, 0.2) is 18.3 Å². The number of hydrogen-bond donors (Lipinski definition) is 1. The molecule has 0 aromatic carbocycles. The van der Waals surface area contributed by atoms with Gasteiger partial charge < -0.3 is 5.32 Å². The van der Waals surface area contributed by atoms with E-state index in [1.807, 2.05) is 26.1 Å². The SMILES string of the molecule is CNC(c1ccc(C)nc1)C1CCCCS1(=O)=O. The lowest BCUT2D eigenvalue weighted by Gasteiger charge is -2.30. The summed E-state index contributed by atoms with van der Waals surface area (Å²) < 4.78 is 24.3. The Bertz CT molecular complexity index is 496. The molecule has 0 saturated carbocycles. The molecule has 1 aliphatic rings. The molecule has 1 aromatic heterocycles. The lowest BCUT2D eigenvalue weighted by molar-refractivity contribution is 0.468. The summed E-state index contributed by atoms with van der Waals surface area (Å²) in [5.41, 5.74) is 1.90. The number of sulfone groups is 1. The Kier molecular flexibility index (Phi) is 4.02. The predicted octanol–water partition coefficient (Wildman–Crippen LogP) is 1.62. The Labute approximate surface area is 109 Å². The van der Waals surface area contributed by atoms with Gasteiger partial charge in [0, 0.05) is 11.9 Å². The van der Waals surface area contributed by atoms with Gasteiger partial charge in [-0.1, -0.05) is 12.5 Å². The van der Waals surface area contributed by atoms with Gasteiger partial charge in [0.1, 0.15) is 0 Å². The van der Waals surface area contributed by atoms with Crippen LogP contribution in [-0.4, -0.2) is 31.5 Å². The van der Waals surface area contributed by atoms with Crippen molar-refractivity contribution in [3.63, 3.8) is 0 Å². The van der Waals surface area contributed by atoms with Gasteiger partial charge in [-0.15, -0.1) is 0 Å². The molecular formula is C13H20N2O2S. The first kappa shape index (κ1) is 13.5. The van der Waals surface area contributed by atoms with E-state index in [9.17, 15) is 8.42 Å². The van der Waals surface area contributed by atoms with Gasteiger partial charge in [0.2, 0.25) is 0 Å². The van der Waals surface area contributed by atoms with E-state index in [0.29, 0.717) is 5.75 Å². The minimum atomic E-state index is -2.98. The predicted molar refractivity (Wildman–Crippen MR) is 72.2 cm³/mol. The second-order valence-corrected chi connectivity index (χ2v) is 7.24. The maximum absolute atomic E-state index is 12.2. The van der Waals surface area contributed by atoms with Gasteiger partial charge in [0.05, 0.1) is 17.0 Å². The van der Waals surface area contributed by atoms with E-state index >= 15 is 0 Å². The van der Waals surface area contributed by atoms with Crippen LogP contribution in [0.25, 0.3) is 0 Å². The number of pyridine rings is 1. The lowest BCUT2D eigenvalue weighted by atomic mass is 10.0. The van der Waals surface area contributed by atoms with Crippen molar-refractivity contribution >= 4 is 9.84 Å². The third kappa shape index (κ3) is 2.72. The lowest BCUT2D eigenvalue weighted by Crippen LogP contribution is -2.39. The Hall–Kier alpha value is -0.940. The fourth-order valence-corrected chi connectivity index (χ4v) is 4.73. The first-order chi connectivity index (χ1) is 8.54. The van der Waals surface area contributed by atoms with E-state index < -0.39 is 9.84 Å². The van der Waals surface area contributed by atoms with Gasteiger partial charge >= 0.3 is 0 Å². The van der Waals surface area contributed by atoms with Gasteiger partial charge in [-0.3, -0.25) is 4.98 Å². The van der Waals surface area contributed by atoms with Crippen molar-refractivity contribution < 1.29 is 8.42 Å². The summed E-state index contributed by atoms with van der Waals surface area (Å²) in [5, 5.41) is 2.83. The average Bonchev–Trinajstić information content (AvgIpc) is 2.34. The molecule has 0 spiro atoms. The molecule has 4 nitrogen and oxygen atoms in total. The van der Waals surface area contributed by atoms with Crippen molar-refractivity contribution in [3.8, 4) is 0 Å². The second kappa shape index (κ2) is 5.36. The Morgan fingerprint density at radius 1 is 1.39 bits per heavy atom. The molecule has 2 heterocycles. The number of rotatable bonds is 3. The van der Waals surface area contributed by atoms with Crippen LogP contribution in [-0.2, 0) is 9.84 Å². The Morgan fingerprint density at radius 3 is 2.72 bits per heavy atom. The van der Waals surface area contributed by atoms with Crippen molar-refractivity contribution in [2.75, 3.05) is 12.8 Å². The van der Waals surface area contributed by atoms with Crippen LogP contribution in [0.4, 0.5) is 0 Å². The van der Waals surface area contributed by atoms with Crippen LogP contribution < -0.4 is 5.32 Å². The van der Waals surface area contributed by atoms with Crippen molar-refractivity contribution in [2.24, 2.45) is 0 Å². The van der Waals surface area contributed by atoms with Gasteiger partial charge in [-0.2, -0.15) is 0 Å². The molecule has 1 aromatic rings. The fourth-order valence-electron chi connectivity index (χ4n) is 2.58. The number of aryl methyl sites for hydroxylation is 1. The minimum Gasteiger partial charge on any atom is -0.312 e. The van der Waals surface area contributed by atoms with Crippen LogP contribution in [0.3, 0.4) is 0 Å². The summed E-state index contributed by atoms with van der Waals surface area (Å²) in [6, 6.07) is 3.74. The van der Waals surface area contributed by atoms with E-state index in [1.54, 1.807) is 6.20 Å². The third-order valence-electron chi connectivity index (χ3n) is 3.60. The molecule has 2 atom stereocenters. The zero-order valence-electron chi connectivity index (χ0n) is 10.9. The van der Waals surface area contributed by atoms with E-state index in [1.165, 1.54) is 0 Å². The van der Waals surface area contributed by atoms with Crippen LogP contribution >= 0.6 is 0 Å². The Morgan fingerprint density at radius 2 is 2.17 bits per heavy atom. The monoisotopic (exact) mass is 268 g/mol. The highest BCUT2D eigenvalue weighted by atomic mass is 32.2. The largest absolute Gasteiger partial charge is 0.312 e. The third-order valence-corrected chi connectivity index (χ3v) is 5.89. The summed E-state index contributed by atoms with van der Waals surface area (Å²) in [7, 11) is -1.17. The summed E-state index contributed by atoms with van der Waals surface area (Å²) in [4.78, 5) is 4.26. The first-order valence-electron chi connectivity index (χ1n) is 6.36. The minimum absolute atomic E-state index is 0.150. The van der Waals surface area contributed by atoms with E-state index in [2.05, 4.69) is 10.3 Å². The number of aromatic nitrogens is 1. The molecule has 1 N–H and O–H groups in total. The van der Waals surface area contributed by atoms with E-state index in [-0.39, 0.29) is 11.3 Å². The van der Waals surface area contributed by atoms with Crippen molar-refractivity contribution in [1.29, 1.82) is 0 Å². The van der Waals surface area contributed by atoms with Gasteiger partial charge in [-0.25, -0.2) is 8.42 Å². The van der Waals surface area contributed by atoms with Crippen molar-refractivity contribution in [1.82, 2.24) is 10.3 Å². The van der Waals surface area contributed by atoms with Crippen LogP contribution in [0.5, 0.6) is 0 Å². The highest BCUT2D eigenvalue weighted by molar-refractivity contribution is 7.92. The topological polar surface area (TPSA) is 59.1 Å². The summed E-state index contributed by atoms with van der Waals surface area (Å²) in [6.07, 6.45) is 4.30. The number of nitrogens with zero attached hydrogens (tertiary/aromatic N) is 1. The van der Waals surface area contributed by atoms with Crippen molar-refractivity contribution in [2.45, 2.75) is 37.5 Å². The average molecular weight is 268 g/mol. The van der Waals surface area contributed by atoms with Gasteiger partial charge in [-0.05, 0) is 38.4 Å². The van der Waals surface area contributed by atoms with Crippen LogP contribution in [0.1, 0.15) is 36.6 Å². The number of nitrogens with one attached hydrogen (secondary N) is 1. The highest BCUT2D eigenvalue weighted by Crippen LogP contribution is 2.30. The summed E-state index contributed by atoms with van der Waals surface area (Å²) >= 11 is 0. The molecule has 1 fully saturated rings. The van der Waals surface area contributed by atoms with Crippen LogP contribution in [0.2, 0.25) is 0 Å². The molecular weight excluding hydrogens is 248 g/mol. The van der Waals surface area contributed by atoms with Crippen LogP contribution in [0, 0.1) is 6.92 Å². The standard InChI is InChI=1S/C13H20N2O2S/c1-10-6-7-11(9-15-10)13(14-2)12-5-3-4-8-18(12,16)17/h6-7,9,12-14H,3-5,8H2,1-2H3. The van der Waals surface area contributed by atoms with Crippen molar-refractivity contribution in [3.05, 3.63) is 29.6 Å². The molecule has 18 heavy (non-hydrogen) atoms. The quantitative estimate of drug-likeness (QED) is 0.905. The highest BCUT2D eigenvalue weighted by Gasteiger charge is 2.35. The zero-order chi connectivity index (χ0) is 13.2. The second-order valence-electron chi connectivity index (χ2n) is 4.90. The molecule has 1 aliphatic heterocycles. The zero-order valence-corrected chi connectivity index (χ0v) is 11.7. The molecule has 2 unspecified atom stereocenters. The molecule has 5 heteroatoms. The fraction of sp³-hybridized carbons (Fsp3) is 0.615. The maximum atomic E-state index is 12.2. The molecule has 1 saturated heterocycles. The molecule has 2 rings (SSSR count). The van der Waals surface area contributed by atoms with E-state index in [0.717, 1.165) is 30.5 Å². The normalized spacial score (nSPS) is 24.7. The van der Waals surface area contributed by atoms with Gasteiger partial charge in [0.15, 0.2) is 9.84 Å². The van der Waals surface area contributed by atoms with E-state index in [4.69, 9.17) is 0 Å².